The minimum atomic E-state index is -3.76. The maximum absolute atomic E-state index is 13.2. The van der Waals surface area contributed by atoms with Gasteiger partial charge in [-0.25, -0.2) is 17.9 Å². The second-order valence-electron chi connectivity index (χ2n) is 4.18. The maximum atomic E-state index is 13.2. The van der Waals surface area contributed by atoms with E-state index in [1.165, 1.54) is 30.3 Å². The fraction of sp³-hybridized carbons (Fsp3) is 0.0769. The molecule has 106 valence electrons. The van der Waals surface area contributed by atoms with E-state index >= 15 is 0 Å². The quantitative estimate of drug-likeness (QED) is 0.913. The van der Waals surface area contributed by atoms with E-state index < -0.39 is 15.8 Å². The smallest absolute Gasteiger partial charge is 0.238 e. The van der Waals surface area contributed by atoms with E-state index in [1.54, 1.807) is 13.0 Å². The highest BCUT2D eigenvalue weighted by molar-refractivity contribution is 9.10. The summed E-state index contributed by atoms with van der Waals surface area (Å²) in [5.41, 5.74) is 0.459. The summed E-state index contributed by atoms with van der Waals surface area (Å²) in [6.07, 6.45) is 0. The van der Waals surface area contributed by atoms with Crippen LogP contribution in [-0.2, 0) is 10.0 Å². The largest absolute Gasteiger partial charge is 0.457 e. The molecule has 0 radical (unpaired) electrons. The molecule has 0 amide bonds. The molecule has 2 rings (SSSR count). The third-order valence-electron chi connectivity index (χ3n) is 2.52. The predicted octanol–water partition coefficient (Wildman–Crippen LogP) is 3.34. The second kappa shape index (κ2) is 5.51. The molecule has 0 aliphatic carbocycles. The molecule has 0 spiro atoms. The zero-order valence-corrected chi connectivity index (χ0v) is 12.8. The Morgan fingerprint density at radius 2 is 1.85 bits per heavy atom. The van der Waals surface area contributed by atoms with Crippen LogP contribution in [0.3, 0.4) is 0 Å². The lowest BCUT2D eigenvalue weighted by Gasteiger charge is -2.09. The third kappa shape index (κ3) is 3.56. The average molecular weight is 360 g/mol. The van der Waals surface area contributed by atoms with Crippen LogP contribution in [0.4, 0.5) is 4.39 Å². The van der Waals surface area contributed by atoms with Crippen LogP contribution in [0.15, 0.2) is 45.8 Å². The topological polar surface area (TPSA) is 69.4 Å². The van der Waals surface area contributed by atoms with Crippen LogP contribution in [0.5, 0.6) is 11.5 Å². The molecule has 7 heteroatoms. The SMILES string of the molecule is Cc1cc(Oc2cc(F)cc(Br)c2)ccc1S(N)(=O)=O. The number of benzene rings is 2. The van der Waals surface area contributed by atoms with E-state index in [2.05, 4.69) is 15.9 Å². The Morgan fingerprint density at radius 3 is 2.40 bits per heavy atom. The molecular weight excluding hydrogens is 349 g/mol. The molecule has 2 aromatic rings. The summed E-state index contributed by atoms with van der Waals surface area (Å²) in [6.45, 7) is 1.61. The molecule has 0 fully saturated rings. The first-order valence-electron chi connectivity index (χ1n) is 5.53. The number of hydrogen-bond acceptors (Lipinski definition) is 3. The van der Waals surface area contributed by atoms with Gasteiger partial charge in [0.1, 0.15) is 17.3 Å². The first-order valence-corrected chi connectivity index (χ1v) is 7.87. The van der Waals surface area contributed by atoms with Crippen molar-refractivity contribution in [2.24, 2.45) is 5.14 Å². The van der Waals surface area contributed by atoms with Gasteiger partial charge in [-0.3, -0.25) is 0 Å². The molecule has 20 heavy (non-hydrogen) atoms. The minimum absolute atomic E-state index is 0.0327. The Bertz CT molecular complexity index is 742. The van der Waals surface area contributed by atoms with Gasteiger partial charge in [0, 0.05) is 10.5 Å². The van der Waals surface area contributed by atoms with Crippen molar-refractivity contribution in [1.29, 1.82) is 0 Å². The van der Waals surface area contributed by atoms with E-state index in [9.17, 15) is 12.8 Å². The zero-order chi connectivity index (χ0) is 14.9. The average Bonchev–Trinajstić information content (AvgIpc) is 2.25. The molecule has 4 nitrogen and oxygen atoms in total. The Hall–Kier alpha value is -1.44. The molecule has 0 heterocycles. The van der Waals surface area contributed by atoms with E-state index in [1.807, 2.05) is 0 Å². The number of primary sulfonamides is 1. The van der Waals surface area contributed by atoms with Crippen LogP contribution in [0.25, 0.3) is 0 Å². The van der Waals surface area contributed by atoms with Gasteiger partial charge in [0.25, 0.3) is 0 Å². The fourth-order valence-corrected chi connectivity index (χ4v) is 2.94. The molecule has 0 aliphatic heterocycles. The van der Waals surface area contributed by atoms with E-state index in [0.29, 0.717) is 21.5 Å². The van der Waals surface area contributed by atoms with Gasteiger partial charge in [-0.05, 0) is 42.8 Å². The Labute approximate surface area is 124 Å². The standard InChI is InChI=1S/C13H11BrFNO3S/c1-8-4-11(2-3-13(8)20(16,17)18)19-12-6-9(14)5-10(15)7-12/h2-7H,1H3,(H2,16,17,18). The number of ether oxygens (including phenoxy) is 1. The van der Waals surface area contributed by atoms with Crippen molar-refractivity contribution >= 4 is 26.0 Å². The number of rotatable bonds is 3. The van der Waals surface area contributed by atoms with E-state index in [-0.39, 0.29) is 4.90 Å². The second-order valence-corrected chi connectivity index (χ2v) is 6.63. The van der Waals surface area contributed by atoms with E-state index in [0.717, 1.165) is 0 Å². The van der Waals surface area contributed by atoms with Crippen molar-refractivity contribution in [1.82, 2.24) is 0 Å². The van der Waals surface area contributed by atoms with Gasteiger partial charge in [-0.2, -0.15) is 0 Å². The molecular formula is C13H11BrFNO3S. The summed E-state index contributed by atoms with van der Waals surface area (Å²) in [4.78, 5) is 0.0327. The van der Waals surface area contributed by atoms with Gasteiger partial charge in [0.15, 0.2) is 0 Å². The van der Waals surface area contributed by atoms with Crippen LogP contribution in [0.1, 0.15) is 5.56 Å². The van der Waals surface area contributed by atoms with Crippen molar-refractivity contribution in [3.8, 4) is 11.5 Å². The highest BCUT2D eigenvalue weighted by Gasteiger charge is 2.12. The van der Waals surface area contributed by atoms with Crippen LogP contribution >= 0.6 is 15.9 Å². The monoisotopic (exact) mass is 359 g/mol. The zero-order valence-electron chi connectivity index (χ0n) is 10.4. The van der Waals surface area contributed by atoms with Crippen molar-refractivity contribution in [2.75, 3.05) is 0 Å². The molecule has 0 aliphatic rings. The Morgan fingerprint density at radius 1 is 1.15 bits per heavy atom. The predicted molar refractivity (Wildman–Crippen MR) is 76.7 cm³/mol. The van der Waals surface area contributed by atoms with Crippen molar-refractivity contribution in [3.05, 3.63) is 52.3 Å². The van der Waals surface area contributed by atoms with Gasteiger partial charge in [-0.15, -0.1) is 0 Å². The highest BCUT2D eigenvalue weighted by Crippen LogP contribution is 2.28. The molecule has 2 aromatic carbocycles. The minimum Gasteiger partial charge on any atom is -0.457 e. The molecule has 0 bridgehead atoms. The van der Waals surface area contributed by atoms with Gasteiger partial charge in [0.2, 0.25) is 10.0 Å². The molecule has 0 saturated carbocycles. The first-order chi connectivity index (χ1) is 9.25. The van der Waals surface area contributed by atoms with Gasteiger partial charge in [0.05, 0.1) is 4.90 Å². The molecule has 0 aromatic heterocycles. The Kier molecular flexibility index (Phi) is 4.12. The van der Waals surface area contributed by atoms with Crippen LogP contribution in [-0.4, -0.2) is 8.42 Å². The van der Waals surface area contributed by atoms with Crippen molar-refractivity contribution in [2.45, 2.75) is 11.8 Å². The lowest BCUT2D eigenvalue weighted by atomic mass is 10.2. The molecule has 0 atom stereocenters. The van der Waals surface area contributed by atoms with Crippen LogP contribution < -0.4 is 9.88 Å². The van der Waals surface area contributed by atoms with Crippen LogP contribution in [0, 0.1) is 12.7 Å². The third-order valence-corrected chi connectivity index (χ3v) is 4.05. The van der Waals surface area contributed by atoms with E-state index in [4.69, 9.17) is 9.88 Å². The summed E-state index contributed by atoms with van der Waals surface area (Å²) < 4.78 is 41.8. The summed E-state index contributed by atoms with van der Waals surface area (Å²) in [5.74, 6) is 0.263. The lowest BCUT2D eigenvalue weighted by Crippen LogP contribution is -2.13. The summed E-state index contributed by atoms with van der Waals surface area (Å²) in [6, 6.07) is 8.49. The van der Waals surface area contributed by atoms with Crippen LogP contribution in [0.2, 0.25) is 0 Å². The van der Waals surface area contributed by atoms with Crippen molar-refractivity contribution in [3.63, 3.8) is 0 Å². The lowest BCUT2D eigenvalue weighted by molar-refractivity contribution is 0.475. The summed E-state index contributed by atoms with van der Waals surface area (Å²) in [5, 5.41) is 5.08. The number of aryl methyl sites for hydroxylation is 1. The number of nitrogens with two attached hydrogens (primary N) is 1. The van der Waals surface area contributed by atoms with Gasteiger partial charge in [-0.1, -0.05) is 15.9 Å². The summed E-state index contributed by atoms with van der Waals surface area (Å²) >= 11 is 3.16. The normalized spacial score (nSPS) is 11.4. The number of halogens is 2. The van der Waals surface area contributed by atoms with Gasteiger partial charge < -0.3 is 4.74 Å². The Balaban J connectivity index is 2.33. The molecule has 2 N–H and O–H groups in total. The fourth-order valence-electron chi connectivity index (χ4n) is 1.73. The van der Waals surface area contributed by atoms with Gasteiger partial charge >= 0.3 is 0 Å². The highest BCUT2D eigenvalue weighted by atomic mass is 79.9. The maximum Gasteiger partial charge on any atom is 0.238 e. The molecule has 0 saturated heterocycles. The number of sulfonamides is 1. The number of hydrogen-bond donors (Lipinski definition) is 1. The summed E-state index contributed by atoms with van der Waals surface area (Å²) in [7, 11) is -3.76. The molecule has 0 unspecified atom stereocenters. The first kappa shape index (κ1) is 15.0. The van der Waals surface area contributed by atoms with Crippen molar-refractivity contribution < 1.29 is 17.5 Å².